The summed E-state index contributed by atoms with van der Waals surface area (Å²) in [6, 6.07) is 5.95. The van der Waals surface area contributed by atoms with Crippen molar-refractivity contribution in [3.8, 4) is 0 Å². The minimum Gasteiger partial charge on any atom is -0.457 e. The standard InChI is InChI=1S/C32H42N4O10S/c1-31(2,3)46-30(41)33-24-12-8-16-44-15-7-11-21-18-32(21,29(40)35-47(42,43)23-13-14-23)34-26(37)25-17-22(19-36(25)27(24)38)45-28(39)20-9-5-4-6-10-20/h4-7,9-11,21-25H,8,12-19H2,1-3H3,(H,33,41)(H,34,37)(H,35,40)/b11-7-/t21-,22-,24+,25+,32-/m1/s1. The molecule has 2 aliphatic carbocycles. The van der Waals surface area contributed by atoms with Gasteiger partial charge in [0.2, 0.25) is 21.8 Å². The SMILES string of the molecule is CC(C)(C)OC(=O)N[C@H]1CCCOC/C=C\[C@@H]2C[C@@]2(C(=O)NS(=O)(=O)C2CC2)NC(=O)[C@@H]2C[C@@H](OC(=O)c3ccccc3)CN2C1=O. The van der Waals surface area contributed by atoms with E-state index in [4.69, 9.17) is 14.2 Å². The van der Waals surface area contributed by atoms with E-state index in [0.29, 0.717) is 19.3 Å². The van der Waals surface area contributed by atoms with E-state index in [9.17, 15) is 32.4 Å². The quantitative estimate of drug-likeness (QED) is 0.295. The molecular weight excluding hydrogens is 632 g/mol. The van der Waals surface area contributed by atoms with Gasteiger partial charge in [0.05, 0.1) is 24.0 Å². The lowest BCUT2D eigenvalue weighted by atomic mass is 10.1. The Morgan fingerprint density at radius 3 is 2.49 bits per heavy atom. The second kappa shape index (κ2) is 13.6. The van der Waals surface area contributed by atoms with Gasteiger partial charge in [0.25, 0.3) is 5.91 Å². The molecule has 1 aromatic rings. The maximum Gasteiger partial charge on any atom is 0.408 e. The molecule has 4 amide bonds. The monoisotopic (exact) mass is 674 g/mol. The molecule has 1 saturated heterocycles. The van der Waals surface area contributed by atoms with Crippen LogP contribution in [0.3, 0.4) is 0 Å². The molecule has 15 heteroatoms. The van der Waals surface area contributed by atoms with Gasteiger partial charge in [0, 0.05) is 18.9 Å². The molecule has 0 radical (unpaired) electrons. The number of hydrogen-bond acceptors (Lipinski definition) is 10. The molecular formula is C32H42N4O10S. The summed E-state index contributed by atoms with van der Waals surface area (Å²) in [5.41, 5.74) is -2.12. The summed E-state index contributed by atoms with van der Waals surface area (Å²) in [5, 5.41) is 4.71. The van der Waals surface area contributed by atoms with Crippen LogP contribution in [-0.2, 0) is 38.6 Å². The van der Waals surface area contributed by atoms with Crippen molar-refractivity contribution in [2.75, 3.05) is 19.8 Å². The number of nitrogens with zero attached hydrogens (tertiary/aromatic N) is 1. The van der Waals surface area contributed by atoms with Crippen LogP contribution in [0.15, 0.2) is 42.5 Å². The van der Waals surface area contributed by atoms with Gasteiger partial charge in [-0.15, -0.1) is 0 Å². The molecule has 3 fully saturated rings. The zero-order chi connectivity index (χ0) is 34.0. The van der Waals surface area contributed by atoms with E-state index in [-0.39, 0.29) is 44.6 Å². The largest absolute Gasteiger partial charge is 0.457 e. The van der Waals surface area contributed by atoms with Gasteiger partial charge in [-0.1, -0.05) is 30.4 Å². The first-order chi connectivity index (χ1) is 22.2. The number of nitrogens with one attached hydrogen (secondary N) is 3. The van der Waals surface area contributed by atoms with E-state index in [1.807, 2.05) is 0 Å². The van der Waals surface area contributed by atoms with Crippen molar-refractivity contribution in [1.82, 2.24) is 20.3 Å². The first-order valence-electron chi connectivity index (χ1n) is 15.9. The van der Waals surface area contributed by atoms with E-state index in [1.54, 1.807) is 63.3 Å². The van der Waals surface area contributed by atoms with Crippen molar-refractivity contribution >= 4 is 39.8 Å². The molecule has 0 unspecified atom stereocenters. The lowest BCUT2D eigenvalue weighted by Gasteiger charge is -2.30. The number of esters is 1. The number of ether oxygens (including phenoxy) is 3. The molecule has 4 aliphatic rings. The molecule has 0 bridgehead atoms. The number of hydrogen-bond donors (Lipinski definition) is 3. The number of benzene rings is 1. The Bertz CT molecular complexity index is 1520. The first kappa shape index (κ1) is 34.4. The summed E-state index contributed by atoms with van der Waals surface area (Å²) in [6.07, 6.45) is 3.18. The van der Waals surface area contributed by atoms with Gasteiger partial charge < -0.3 is 29.7 Å². The minimum absolute atomic E-state index is 0.0863. The van der Waals surface area contributed by atoms with Gasteiger partial charge in [-0.25, -0.2) is 18.0 Å². The lowest BCUT2D eigenvalue weighted by molar-refractivity contribution is -0.141. The summed E-state index contributed by atoms with van der Waals surface area (Å²) in [5.74, 6) is -3.34. The molecule has 1 aromatic carbocycles. The molecule has 256 valence electrons. The highest BCUT2D eigenvalue weighted by atomic mass is 32.2. The van der Waals surface area contributed by atoms with E-state index < -0.39 is 80.3 Å². The summed E-state index contributed by atoms with van der Waals surface area (Å²) in [6.45, 7) is 5.34. The molecule has 3 N–H and O–H groups in total. The Morgan fingerprint density at radius 2 is 1.81 bits per heavy atom. The van der Waals surface area contributed by atoms with Gasteiger partial charge in [-0.05, 0) is 65.0 Å². The molecule has 5 rings (SSSR count). The Hall–Kier alpha value is -3.98. The number of carbonyl (C=O) groups is 5. The third-order valence-electron chi connectivity index (χ3n) is 8.45. The maximum absolute atomic E-state index is 14.1. The van der Waals surface area contributed by atoms with Crippen LogP contribution in [0.25, 0.3) is 0 Å². The molecule has 2 aliphatic heterocycles. The van der Waals surface area contributed by atoms with Crippen molar-refractivity contribution in [3.63, 3.8) is 0 Å². The van der Waals surface area contributed by atoms with E-state index in [1.165, 1.54) is 4.90 Å². The smallest absolute Gasteiger partial charge is 0.408 e. The van der Waals surface area contributed by atoms with Crippen LogP contribution in [0, 0.1) is 5.92 Å². The van der Waals surface area contributed by atoms with E-state index in [2.05, 4.69) is 15.4 Å². The molecule has 2 saturated carbocycles. The number of sulfonamides is 1. The maximum atomic E-state index is 14.1. The topological polar surface area (TPSA) is 187 Å². The highest BCUT2D eigenvalue weighted by Gasteiger charge is 2.62. The zero-order valence-electron chi connectivity index (χ0n) is 26.7. The summed E-state index contributed by atoms with van der Waals surface area (Å²) in [4.78, 5) is 68.5. The van der Waals surface area contributed by atoms with Crippen LogP contribution in [0.2, 0.25) is 0 Å². The number of alkyl carbamates (subject to hydrolysis) is 1. The van der Waals surface area contributed by atoms with Crippen molar-refractivity contribution in [2.24, 2.45) is 5.92 Å². The number of rotatable bonds is 6. The number of carbonyl (C=O) groups excluding carboxylic acids is 5. The Morgan fingerprint density at radius 1 is 1.09 bits per heavy atom. The minimum atomic E-state index is -3.91. The Balaban J connectivity index is 1.42. The third-order valence-corrected chi connectivity index (χ3v) is 10.3. The predicted octanol–water partition coefficient (Wildman–Crippen LogP) is 1.56. The number of fused-ring (bicyclic) bond motifs is 2. The molecule has 5 atom stereocenters. The van der Waals surface area contributed by atoms with Crippen molar-refractivity contribution in [3.05, 3.63) is 48.0 Å². The van der Waals surface area contributed by atoms with Crippen LogP contribution in [-0.4, -0.2) is 97.4 Å². The van der Waals surface area contributed by atoms with Gasteiger partial charge >= 0.3 is 12.1 Å². The molecule has 0 spiro atoms. The third kappa shape index (κ3) is 8.49. The lowest BCUT2D eigenvalue weighted by Crippen LogP contribution is -2.58. The normalized spacial score (nSPS) is 29.1. The average Bonchev–Trinajstić information content (AvgIpc) is 3.92. The highest BCUT2D eigenvalue weighted by Crippen LogP contribution is 2.46. The van der Waals surface area contributed by atoms with Crippen LogP contribution < -0.4 is 15.4 Å². The fourth-order valence-corrected chi connectivity index (χ4v) is 7.17. The summed E-state index contributed by atoms with van der Waals surface area (Å²) >= 11 is 0. The first-order valence-corrected chi connectivity index (χ1v) is 17.4. The fraction of sp³-hybridized carbons (Fsp3) is 0.594. The average molecular weight is 675 g/mol. The van der Waals surface area contributed by atoms with Crippen molar-refractivity contribution in [1.29, 1.82) is 0 Å². The molecule has 47 heavy (non-hydrogen) atoms. The van der Waals surface area contributed by atoms with Crippen LogP contribution in [0.5, 0.6) is 0 Å². The van der Waals surface area contributed by atoms with Crippen LogP contribution >= 0.6 is 0 Å². The van der Waals surface area contributed by atoms with Gasteiger partial charge in [0.1, 0.15) is 29.3 Å². The highest BCUT2D eigenvalue weighted by molar-refractivity contribution is 7.91. The van der Waals surface area contributed by atoms with Gasteiger partial charge in [-0.2, -0.15) is 0 Å². The second-order valence-corrected chi connectivity index (χ2v) is 15.4. The van der Waals surface area contributed by atoms with Crippen molar-refractivity contribution < 1.29 is 46.6 Å². The molecule has 0 aromatic heterocycles. The zero-order valence-corrected chi connectivity index (χ0v) is 27.5. The van der Waals surface area contributed by atoms with E-state index in [0.717, 1.165) is 0 Å². The predicted molar refractivity (Wildman–Crippen MR) is 167 cm³/mol. The van der Waals surface area contributed by atoms with Gasteiger partial charge in [0.15, 0.2) is 0 Å². The summed E-state index contributed by atoms with van der Waals surface area (Å²) < 4.78 is 44.2. The van der Waals surface area contributed by atoms with E-state index >= 15 is 0 Å². The van der Waals surface area contributed by atoms with Crippen molar-refractivity contribution in [2.45, 2.75) is 93.9 Å². The molecule has 14 nitrogen and oxygen atoms in total. The fourth-order valence-electron chi connectivity index (χ4n) is 5.80. The second-order valence-electron chi connectivity index (χ2n) is 13.4. The number of amides is 4. The van der Waals surface area contributed by atoms with Crippen LogP contribution in [0.1, 0.15) is 69.7 Å². The Kier molecular flexibility index (Phi) is 9.96. The van der Waals surface area contributed by atoms with Gasteiger partial charge in [-0.3, -0.25) is 19.1 Å². The molecule has 2 heterocycles. The Labute approximate surface area is 274 Å². The van der Waals surface area contributed by atoms with Crippen LogP contribution in [0.4, 0.5) is 4.79 Å². The summed E-state index contributed by atoms with van der Waals surface area (Å²) in [7, 11) is -3.91.